The second-order valence-corrected chi connectivity index (χ2v) is 7.57. The molecule has 1 saturated heterocycles. The zero-order valence-corrected chi connectivity index (χ0v) is 15.3. The van der Waals surface area contributed by atoms with Crippen molar-refractivity contribution in [2.75, 3.05) is 18.8 Å². The third kappa shape index (κ3) is 4.35. The van der Waals surface area contributed by atoms with Crippen LogP contribution in [0.15, 0.2) is 38.4 Å². The summed E-state index contributed by atoms with van der Waals surface area (Å²) in [6, 6.07) is 7.67. The Labute approximate surface area is 148 Å². The molecule has 1 aliphatic rings. The fourth-order valence-corrected chi connectivity index (χ4v) is 3.38. The number of piperidine rings is 1. The van der Waals surface area contributed by atoms with Crippen molar-refractivity contribution in [1.29, 1.82) is 0 Å². The van der Waals surface area contributed by atoms with Crippen molar-refractivity contribution in [3.63, 3.8) is 0 Å². The lowest BCUT2D eigenvalue weighted by molar-refractivity contribution is -0.129. The predicted molar refractivity (Wildman–Crippen MR) is 93.1 cm³/mol. The van der Waals surface area contributed by atoms with Gasteiger partial charge in [-0.3, -0.25) is 4.79 Å². The molecule has 23 heavy (non-hydrogen) atoms. The van der Waals surface area contributed by atoms with Crippen molar-refractivity contribution in [3.05, 3.63) is 28.7 Å². The fourth-order valence-electron chi connectivity index (χ4n) is 2.45. The van der Waals surface area contributed by atoms with Crippen LogP contribution >= 0.6 is 27.7 Å². The maximum atomic E-state index is 12.2. The van der Waals surface area contributed by atoms with Gasteiger partial charge in [-0.05, 0) is 43.0 Å². The lowest BCUT2D eigenvalue weighted by Crippen LogP contribution is -2.38. The summed E-state index contributed by atoms with van der Waals surface area (Å²) in [5.41, 5.74) is 0.865. The molecule has 0 aliphatic carbocycles. The summed E-state index contributed by atoms with van der Waals surface area (Å²) in [4.78, 5) is 14.1. The van der Waals surface area contributed by atoms with Gasteiger partial charge < -0.3 is 9.32 Å². The van der Waals surface area contributed by atoms with E-state index in [-0.39, 0.29) is 5.91 Å². The van der Waals surface area contributed by atoms with Crippen molar-refractivity contribution < 1.29 is 9.21 Å². The number of aromatic nitrogens is 2. The van der Waals surface area contributed by atoms with Gasteiger partial charge in [0, 0.05) is 23.1 Å². The number of carbonyl (C=O) groups excluding carboxylic acids is 1. The smallest absolute Gasteiger partial charge is 0.277 e. The number of amides is 1. The van der Waals surface area contributed by atoms with Crippen LogP contribution in [0, 0.1) is 5.92 Å². The molecule has 2 aromatic rings. The van der Waals surface area contributed by atoms with Crippen LogP contribution in [0.3, 0.4) is 0 Å². The average molecular weight is 396 g/mol. The van der Waals surface area contributed by atoms with Crippen LogP contribution in [-0.4, -0.2) is 39.8 Å². The Morgan fingerprint density at radius 1 is 1.30 bits per heavy atom. The molecule has 2 heterocycles. The number of halogens is 1. The molecule has 1 aromatic carbocycles. The topological polar surface area (TPSA) is 59.2 Å². The second-order valence-electron chi connectivity index (χ2n) is 5.73. The number of rotatable bonds is 4. The molecular weight excluding hydrogens is 378 g/mol. The molecule has 1 aromatic heterocycles. The monoisotopic (exact) mass is 395 g/mol. The van der Waals surface area contributed by atoms with Crippen LogP contribution in [0.4, 0.5) is 0 Å². The van der Waals surface area contributed by atoms with E-state index in [0.29, 0.717) is 16.9 Å². The van der Waals surface area contributed by atoms with Gasteiger partial charge in [-0.1, -0.05) is 34.6 Å². The lowest BCUT2D eigenvalue weighted by atomic mass is 9.99. The van der Waals surface area contributed by atoms with E-state index in [2.05, 4.69) is 33.1 Å². The van der Waals surface area contributed by atoms with Crippen molar-refractivity contribution >= 4 is 33.6 Å². The predicted octanol–water partition coefficient (Wildman–Crippen LogP) is 3.85. The zero-order valence-electron chi connectivity index (χ0n) is 12.9. The van der Waals surface area contributed by atoms with Gasteiger partial charge in [-0.25, -0.2) is 0 Å². The van der Waals surface area contributed by atoms with Crippen LogP contribution in [0.5, 0.6) is 0 Å². The summed E-state index contributed by atoms with van der Waals surface area (Å²) >= 11 is 4.69. The third-order valence-electron chi connectivity index (χ3n) is 3.95. The lowest BCUT2D eigenvalue weighted by Gasteiger charge is -2.30. The second kappa shape index (κ2) is 7.49. The van der Waals surface area contributed by atoms with Gasteiger partial charge in [-0.15, -0.1) is 10.2 Å². The van der Waals surface area contributed by atoms with Crippen LogP contribution in [0.25, 0.3) is 11.5 Å². The number of thioether (sulfide) groups is 1. The van der Waals surface area contributed by atoms with Crippen LogP contribution in [-0.2, 0) is 4.79 Å². The maximum Gasteiger partial charge on any atom is 0.277 e. The molecule has 0 radical (unpaired) electrons. The molecule has 0 atom stereocenters. The standard InChI is InChI=1S/C16H18BrN3O2S/c1-11-6-8-20(9-7-11)14(21)10-23-16-19-18-15(22-16)12-2-4-13(17)5-3-12/h2-5,11H,6-10H2,1H3. The molecular formula is C16H18BrN3O2S. The van der Waals surface area contributed by atoms with Gasteiger partial charge in [0.05, 0.1) is 5.75 Å². The average Bonchev–Trinajstić information content (AvgIpc) is 3.03. The summed E-state index contributed by atoms with van der Waals surface area (Å²) < 4.78 is 6.62. The van der Waals surface area contributed by atoms with E-state index in [9.17, 15) is 4.79 Å². The highest BCUT2D eigenvalue weighted by Gasteiger charge is 2.21. The number of hydrogen-bond donors (Lipinski definition) is 0. The summed E-state index contributed by atoms with van der Waals surface area (Å²) in [5.74, 6) is 1.68. The Balaban J connectivity index is 1.55. The molecule has 0 N–H and O–H groups in total. The molecule has 5 nitrogen and oxygen atoms in total. The zero-order chi connectivity index (χ0) is 16.2. The van der Waals surface area contributed by atoms with E-state index in [4.69, 9.17) is 4.42 Å². The van der Waals surface area contributed by atoms with Crippen molar-refractivity contribution in [2.45, 2.75) is 25.0 Å². The molecule has 1 amide bonds. The number of likely N-dealkylation sites (tertiary alicyclic amines) is 1. The van der Waals surface area contributed by atoms with Gasteiger partial charge in [-0.2, -0.15) is 0 Å². The minimum Gasteiger partial charge on any atom is -0.411 e. The van der Waals surface area contributed by atoms with Crippen LogP contribution < -0.4 is 0 Å². The normalized spacial score (nSPS) is 15.8. The van der Waals surface area contributed by atoms with Crippen molar-refractivity contribution in [1.82, 2.24) is 15.1 Å². The Hall–Kier alpha value is -1.34. The molecule has 7 heteroatoms. The van der Waals surface area contributed by atoms with Gasteiger partial charge in [0.1, 0.15) is 0 Å². The quantitative estimate of drug-likeness (QED) is 0.735. The first-order valence-corrected chi connectivity index (χ1v) is 9.39. The van der Waals surface area contributed by atoms with Gasteiger partial charge in [0.2, 0.25) is 11.8 Å². The largest absolute Gasteiger partial charge is 0.411 e. The SMILES string of the molecule is CC1CCN(C(=O)CSc2nnc(-c3ccc(Br)cc3)o2)CC1. The molecule has 0 bridgehead atoms. The molecule has 0 unspecified atom stereocenters. The van der Waals surface area contributed by atoms with E-state index in [1.807, 2.05) is 29.2 Å². The third-order valence-corrected chi connectivity index (χ3v) is 5.28. The molecule has 0 spiro atoms. The van der Waals surface area contributed by atoms with E-state index < -0.39 is 0 Å². The van der Waals surface area contributed by atoms with Gasteiger partial charge in [0.25, 0.3) is 5.22 Å². The fraction of sp³-hybridized carbons (Fsp3) is 0.438. The number of carbonyl (C=O) groups is 1. The summed E-state index contributed by atoms with van der Waals surface area (Å²) in [6.07, 6.45) is 2.18. The number of nitrogens with zero attached hydrogens (tertiary/aromatic N) is 3. The van der Waals surface area contributed by atoms with Gasteiger partial charge >= 0.3 is 0 Å². The highest BCUT2D eigenvalue weighted by molar-refractivity contribution is 9.10. The van der Waals surface area contributed by atoms with E-state index in [0.717, 1.165) is 41.9 Å². The van der Waals surface area contributed by atoms with E-state index in [1.165, 1.54) is 11.8 Å². The Morgan fingerprint density at radius 3 is 2.70 bits per heavy atom. The summed E-state index contributed by atoms with van der Waals surface area (Å²) in [5, 5.41) is 8.48. The minimum atomic E-state index is 0.144. The van der Waals surface area contributed by atoms with Gasteiger partial charge in [0.15, 0.2) is 0 Å². The summed E-state index contributed by atoms with van der Waals surface area (Å²) in [7, 11) is 0. The first-order valence-electron chi connectivity index (χ1n) is 7.62. The molecule has 1 fully saturated rings. The van der Waals surface area contributed by atoms with E-state index in [1.54, 1.807) is 0 Å². The Bertz CT molecular complexity index is 666. The highest BCUT2D eigenvalue weighted by Crippen LogP contribution is 2.25. The highest BCUT2D eigenvalue weighted by atomic mass is 79.9. The Kier molecular flexibility index (Phi) is 5.38. The number of benzene rings is 1. The molecule has 0 saturated carbocycles. The van der Waals surface area contributed by atoms with Crippen LogP contribution in [0.1, 0.15) is 19.8 Å². The Morgan fingerprint density at radius 2 is 2.00 bits per heavy atom. The molecule has 3 rings (SSSR count). The maximum absolute atomic E-state index is 12.2. The van der Waals surface area contributed by atoms with Crippen LogP contribution in [0.2, 0.25) is 0 Å². The van der Waals surface area contributed by atoms with Crippen molar-refractivity contribution in [2.24, 2.45) is 5.92 Å². The first kappa shape index (κ1) is 16.5. The minimum absolute atomic E-state index is 0.144. The first-order chi connectivity index (χ1) is 11.1. The molecule has 122 valence electrons. The summed E-state index contributed by atoms with van der Waals surface area (Å²) in [6.45, 7) is 3.95. The number of hydrogen-bond acceptors (Lipinski definition) is 5. The van der Waals surface area contributed by atoms with E-state index >= 15 is 0 Å². The van der Waals surface area contributed by atoms with Crippen molar-refractivity contribution in [3.8, 4) is 11.5 Å². The molecule has 1 aliphatic heterocycles.